The van der Waals surface area contributed by atoms with Crippen LogP contribution in [0.4, 0.5) is 0 Å². The van der Waals surface area contributed by atoms with Gasteiger partial charge in [-0.15, -0.1) is 0 Å². The summed E-state index contributed by atoms with van der Waals surface area (Å²) in [5.74, 6) is 3.37. The Bertz CT molecular complexity index is 723. The molecule has 0 aliphatic heterocycles. The summed E-state index contributed by atoms with van der Waals surface area (Å²) in [6.07, 6.45) is 7.44. The van der Waals surface area contributed by atoms with Crippen LogP contribution in [0.15, 0.2) is 23.4 Å². The molecule has 1 aromatic carbocycles. The molecule has 2 saturated carbocycles. The number of hydrogen-bond acceptors (Lipinski definition) is 3. The van der Waals surface area contributed by atoms with Crippen LogP contribution < -0.4 is 4.43 Å². The van der Waals surface area contributed by atoms with Gasteiger partial charge in [0.15, 0.2) is 0 Å². The van der Waals surface area contributed by atoms with Crippen LogP contribution in [0.2, 0.25) is 19.6 Å². The van der Waals surface area contributed by atoms with Gasteiger partial charge in [0.25, 0.3) is 0 Å². The largest absolute Gasteiger partial charge is 0.544 e. The van der Waals surface area contributed by atoms with E-state index in [1.165, 1.54) is 43.4 Å². The van der Waals surface area contributed by atoms with E-state index in [1.807, 2.05) is 0 Å². The van der Waals surface area contributed by atoms with E-state index in [0.29, 0.717) is 0 Å². The van der Waals surface area contributed by atoms with E-state index in [2.05, 4.69) is 49.9 Å². The second-order valence-electron chi connectivity index (χ2n) is 9.71. The summed E-state index contributed by atoms with van der Waals surface area (Å²) in [4.78, 5) is 5.16. The molecule has 0 N–H and O–H groups in total. The quantitative estimate of drug-likeness (QED) is 0.499. The number of hydrogen-bond donors (Lipinski definition) is 0. The van der Waals surface area contributed by atoms with Crippen LogP contribution in [0.25, 0.3) is 0 Å². The van der Waals surface area contributed by atoms with Gasteiger partial charge in [0.1, 0.15) is 12.9 Å². The molecule has 0 bridgehead atoms. The van der Waals surface area contributed by atoms with Crippen molar-refractivity contribution >= 4 is 14.0 Å². The Kier molecular flexibility index (Phi) is 4.45. The molecule has 4 heteroatoms. The third-order valence-electron chi connectivity index (χ3n) is 7.06. The van der Waals surface area contributed by atoms with Crippen LogP contribution in [0.1, 0.15) is 56.1 Å². The van der Waals surface area contributed by atoms with Gasteiger partial charge in [-0.25, -0.2) is 0 Å². The molecule has 142 valence electrons. The SMILES string of the molecule is CO/N=C1\CC[C@H]2[C@@H]3CCc4cc(O[Si](C)(C)C)ccc4[C@H]3CC[C@]12C. The summed E-state index contributed by atoms with van der Waals surface area (Å²) >= 11 is 0. The highest BCUT2D eigenvalue weighted by Crippen LogP contribution is 2.60. The fourth-order valence-corrected chi connectivity index (χ4v) is 6.86. The summed E-state index contributed by atoms with van der Waals surface area (Å²) in [7, 11) is 0.141. The molecular formula is C22H33NO2Si. The van der Waals surface area contributed by atoms with Crippen LogP contribution in [0, 0.1) is 17.3 Å². The molecule has 0 spiro atoms. The van der Waals surface area contributed by atoms with E-state index >= 15 is 0 Å². The molecule has 0 unspecified atom stereocenters. The van der Waals surface area contributed by atoms with E-state index in [-0.39, 0.29) is 5.41 Å². The molecule has 26 heavy (non-hydrogen) atoms. The number of aryl methyl sites for hydroxylation is 1. The second-order valence-corrected chi connectivity index (χ2v) is 14.1. The Hall–Kier alpha value is -1.29. The van der Waals surface area contributed by atoms with Crippen molar-refractivity contribution in [1.29, 1.82) is 0 Å². The highest BCUT2D eigenvalue weighted by atomic mass is 28.4. The molecule has 0 aromatic heterocycles. The lowest BCUT2D eigenvalue weighted by Gasteiger charge is -2.49. The van der Waals surface area contributed by atoms with Gasteiger partial charge >= 0.3 is 0 Å². The highest BCUT2D eigenvalue weighted by molar-refractivity contribution is 6.70. The lowest BCUT2D eigenvalue weighted by Crippen LogP contribution is -2.42. The van der Waals surface area contributed by atoms with Crippen LogP contribution in [-0.2, 0) is 11.3 Å². The van der Waals surface area contributed by atoms with E-state index in [0.717, 1.165) is 29.9 Å². The zero-order valence-corrected chi connectivity index (χ0v) is 18.0. The minimum atomic E-state index is -1.55. The molecule has 3 aliphatic rings. The number of benzene rings is 1. The number of nitrogens with zero attached hydrogens (tertiary/aromatic N) is 1. The van der Waals surface area contributed by atoms with Crippen LogP contribution in [0.5, 0.6) is 5.75 Å². The average molecular weight is 372 g/mol. The van der Waals surface area contributed by atoms with Crippen molar-refractivity contribution in [2.75, 3.05) is 7.11 Å². The van der Waals surface area contributed by atoms with Crippen molar-refractivity contribution in [2.45, 2.75) is 71.0 Å². The third kappa shape index (κ3) is 3.00. The maximum absolute atomic E-state index is 6.24. The van der Waals surface area contributed by atoms with Crippen molar-refractivity contribution in [3.8, 4) is 5.75 Å². The predicted octanol–water partition coefficient (Wildman–Crippen LogP) is 5.76. The van der Waals surface area contributed by atoms with Gasteiger partial charge in [0.2, 0.25) is 8.32 Å². The standard InChI is InChI=1S/C22H33NO2Si/c1-22-13-12-18-17-9-7-16(25-26(3,4)5)14-15(17)6-8-19(18)20(22)10-11-21(22)23-24-2/h7,9,14,18-20H,6,8,10-13H2,1-5H3/b23-21+/t18-,19-,20+,22+/m1/s1. The Balaban J connectivity index is 1.60. The smallest absolute Gasteiger partial charge is 0.242 e. The first-order valence-electron chi connectivity index (χ1n) is 10.2. The first-order valence-corrected chi connectivity index (χ1v) is 13.6. The number of rotatable bonds is 3. The van der Waals surface area contributed by atoms with E-state index in [4.69, 9.17) is 9.26 Å². The lowest BCUT2D eigenvalue weighted by atomic mass is 9.55. The van der Waals surface area contributed by atoms with E-state index in [9.17, 15) is 0 Å². The molecule has 0 saturated heterocycles. The average Bonchev–Trinajstić information content (AvgIpc) is 2.90. The molecule has 1 aromatic rings. The van der Waals surface area contributed by atoms with Crippen molar-refractivity contribution in [3.63, 3.8) is 0 Å². The Morgan fingerprint density at radius 2 is 1.92 bits per heavy atom. The van der Waals surface area contributed by atoms with Gasteiger partial charge in [0.05, 0.1) is 5.71 Å². The first-order chi connectivity index (χ1) is 12.3. The minimum absolute atomic E-state index is 0.259. The molecular weight excluding hydrogens is 338 g/mol. The van der Waals surface area contributed by atoms with Crippen molar-refractivity contribution in [2.24, 2.45) is 22.4 Å². The van der Waals surface area contributed by atoms with E-state index in [1.54, 1.807) is 12.7 Å². The molecule has 4 atom stereocenters. The molecule has 0 heterocycles. The maximum Gasteiger partial charge on any atom is 0.242 e. The normalized spacial score (nSPS) is 34.8. The molecule has 4 rings (SSSR count). The minimum Gasteiger partial charge on any atom is -0.544 e. The van der Waals surface area contributed by atoms with Crippen molar-refractivity contribution in [3.05, 3.63) is 29.3 Å². The molecule has 0 amide bonds. The molecule has 2 fully saturated rings. The van der Waals surface area contributed by atoms with E-state index < -0.39 is 8.32 Å². The van der Waals surface area contributed by atoms with Crippen LogP contribution >= 0.6 is 0 Å². The Morgan fingerprint density at radius 1 is 1.12 bits per heavy atom. The van der Waals surface area contributed by atoms with Gasteiger partial charge in [0, 0.05) is 5.41 Å². The maximum atomic E-state index is 6.24. The second kappa shape index (κ2) is 6.40. The van der Waals surface area contributed by atoms with Gasteiger partial charge in [-0.05, 0) is 99.2 Å². The lowest BCUT2D eigenvalue weighted by molar-refractivity contribution is 0.0924. The van der Waals surface area contributed by atoms with Crippen molar-refractivity contribution in [1.82, 2.24) is 0 Å². The summed E-state index contributed by atoms with van der Waals surface area (Å²) < 4.78 is 6.24. The fourth-order valence-electron chi connectivity index (χ4n) is 6.02. The number of fused-ring (bicyclic) bond motifs is 5. The topological polar surface area (TPSA) is 30.8 Å². The van der Waals surface area contributed by atoms with Gasteiger partial charge in [-0.1, -0.05) is 18.1 Å². The molecule has 3 aliphatic carbocycles. The summed E-state index contributed by atoms with van der Waals surface area (Å²) in [5, 5.41) is 4.41. The Labute approximate surface area is 159 Å². The monoisotopic (exact) mass is 371 g/mol. The van der Waals surface area contributed by atoms with Gasteiger partial charge < -0.3 is 9.26 Å². The summed E-state index contributed by atoms with van der Waals surface area (Å²) in [6.45, 7) is 9.20. The van der Waals surface area contributed by atoms with Gasteiger partial charge in [-0.3, -0.25) is 0 Å². The van der Waals surface area contributed by atoms with Crippen LogP contribution in [0.3, 0.4) is 0 Å². The molecule has 3 nitrogen and oxygen atoms in total. The van der Waals surface area contributed by atoms with Crippen molar-refractivity contribution < 1.29 is 9.26 Å². The fraction of sp³-hybridized carbons (Fsp3) is 0.682. The predicted molar refractivity (Wildman–Crippen MR) is 109 cm³/mol. The summed E-state index contributed by atoms with van der Waals surface area (Å²) in [5.41, 5.74) is 4.71. The van der Waals surface area contributed by atoms with Gasteiger partial charge in [-0.2, -0.15) is 0 Å². The molecule has 0 radical (unpaired) electrons. The first kappa shape index (κ1) is 18.1. The van der Waals surface area contributed by atoms with Crippen LogP contribution in [-0.4, -0.2) is 21.1 Å². The number of oxime groups is 1. The highest BCUT2D eigenvalue weighted by Gasteiger charge is 2.53. The zero-order chi connectivity index (χ0) is 18.5. The summed E-state index contributed by atoms with van der Waals surface area (Å²) in [6, 6.07) is 6.94. The zero-order valence-electron chi connectivity index (χ0n) is 17.0. The third-order valence-corrected chi connectivity index (χ3v) is 7.91. The Morgan fingerprint density at radius 3 is 2.65 bits per heavy atom.